The molecule has 1 aliphatic rings. The Kier molecular flexibility index (Phi) is 6.17. The molecule has 0 saturated heterocycles. The molecule has 0 radical (unpaired) electrons. The van der Waals surface area contributed by atoms with Crippen LogP contribution in [0.4, 0.5) is 0 Å². The molecule has 8 aromatic carbocycles. The highest BCUT2D eigenvalue weighted by atomic mass is 16.3. The third kappa shape index (κ3) is 4.09. The molecule has 5 nitrogen and oxygen atoms in total. The van der Waals surface area contributed by atoms with Crippen molar-refractivity contribution < 1.29 is 4.42 Å². The van der Waals surface area contributed by atoms with Crippen LogP contribution in [0.25, 0.3) is 110 Å². The molecule has 12 aromatic rings. The topological polar surface area (TPSA) is 48.8 Å². The molecule has 272 valence electrons. The summed E-state index contributed by atoms with van der Waals surface area (Å²) in [5, 5.41) is 8.15. The highest BCUT2D eigenvalue weighted by Crippen LogP contribution is 2.52. The Bertz CT molecular complexity index is 3660. The van der Waals surface area contributed by atoms with Gasteiger partial charge in [-0.05, 0) is 70.1 Å². The summed E-state index contributed by atoms with van der Waals surface area (Å²) in [5.41, 5.74) is 14.6. The quantitative estimate of drug-likeness (QED) is 0.181. The van der Waals surface area contributed by atoms with Crippen molar-refractivity contribution in [2.75, 3.05) is 0 Å². The number of hydrogen-bond donors (Lipinski definition) is 0. The van der Waals surface area contributed by atoms with E-state index in [1.807, 2.05) is 18.2 Å². The van der Waals surface area contributed by atoms with Gasteiger partial charge in [-0.3, -0.25) is 4.57 Å². The van der Waals surface area contributed by atoms with Gasteiger partial charge in [0.25, 0.3) is 0 Å². The molecule has 4 heterocycles. The largest absolute Gasteiger partial charge is 0.452 e. The number of fused-ring (bicyclic) bond motifs is 14. The predicted molar refractivity (Wildman–Crippen MR) is 238 cm³/mol. The maximum atomic E-state index is 6.58. The lowest BCUT2D eigenvalue weighted by Crippen LogP contribution is -2.15. The molecule has 4 aromatic heterocycles. The van der Waals surface area contributed by atoms with Crippen LogP contribution >= 0.6 is 0 Å². The average Bonchev–Trinajstić information content (AvgIpc) is 3.98. The summed E-state index contributed by atoms with van der Waals surface area (Å²) in [4.78, 5) is 11.0. The van der Waals surface area contributed by atoms with Gasteiger partial charge in [-0.15, -0.1) is 0 Å². The van der Waals surface area contributed by atoms with Crippen molar-refractivity contribution in [3.05, 3.63) is 181 Å². The van der Waals surface area contributed by atoms with Crippen molar-refractivity contribution >= 4 is 76.5 Å². The fourth-order valence-corrected chi connectivity index (χ4v) is 10.1. The minimum absolute atomic E-state index is 0.196. The van der Waals surface area contributed by atoms with E-state index in [1.54, 1.807) is 0 Å². The van der Waals surface area contributed by atoms with Crippen molar-refractivity contribution in [1.29, 1.82) is 0 Å². The van der Waals surface area contributed by atoms with E-state index >= 15 is 0 Å². The van der Waals surface area contributed by atoms with Gasteiger partial charge >= 0.3 is 0 Å². The van der Waals surface area contributed by atoms with Crippen LogP contribution in [-0.4, -0.2) is 19.1 Å². The van der Waals surface area contributed by atoms with Crippen LogP contribution in [-0.2, 0) is 5.41 Å². The van der Waals surface area contributed by atoms with Crippen molar-refractivity contribution in [2.45, 2.75) is 19.3 Å². The van der Waals surface area contributed by atoms with E-state index in [9.17, 15) is 0 Å². The predicted octanol–water partition coefficient (Wildman–Crippen LogP) is 13.7. The number of hydrogen-bond acceptors (Lipinski definition) is 3. The summed E-state index contributed by atoms with van der Waals surface area (Å²) in [5.74, 6) is 0.606. The van der Waals surface area contributed by atoms with Gasteiger partial charge in [0.2, 0.25) is 5.95 Å². The first kappa shape index (κ1) is 31.7. The summed E-state index contributed by atoms with van der Waals surface area (Å²) in [7, 11) is 0. The molecule has 0 fully saturated rings. The zero-order valence-electron chi connectivity index (χ0n) is 31.9. The Labute approximate surface area is 333 Å². The number of nitrogens with zero attached hydrogens (tertiary/aromatic N) is 4. The number of furan rings is 1. The Morgan fingerprint density at radius 1 is 0.466 bits per heavy atom. The fraction of sp³-hybridized carbons (Fsp3) is 0.0566. The molecule has 13 rings (SSSR count). The van der Waals surface area contributed by atoms with Crippen LogP contribution in [0.3, 0.4) is 0 Å². The van der Waals surface area contributed by atoms with Gasteiger partial charge in [-0.1, -0.05) is 141 Å². The molecule has 1 aliphatic carbocycles. The Balaban J connectivity index is 1.24. The lowest BCUT2D eigenvalue weighted by molar-refractivity contribution is 0.661. The Hall–Kier alpha value is -7.50. The first-order valence-corrected chi connectivity index (χ1v) is 19.9. The molecule has 0 aliphatic heterocycles. The molecule has 58 heavy (non-hydrogen) atoms. The van der Waals surface area contributed by atoms with Gasteiger partial charge in [-0.2, -0.15) is 0 Å². The van der Waals surface area contributed by atoms with Gasteiger partial charge < -0.3 is 8.98 Å². The van der Waals surface area contributed by atoms with E-state index in [2.05, 4.69) is 175 Å². The molecule has 0 amide bonds. The van der Waals surface area contributed by atoms with Gasteiger partial charge in [0, 0.05) is 43.3 Å². The summed E-state index contributed by atoms with van der Waals surface area (Å²) in [6.45, 7) is 4.69. The zero-order chi connectivity index (χ0) is 38.3. The van der Waals surface area contributed by atoms with Crippen molar-refractivity contribution in [3.8, 4) is 34.0 Å². The second-order valence-corrected chi connectivity index (χ2v) is 16.1. The van der Waals surface area contributed by atoms with Crippen LogP contribution in [0.1, 0.15) is 25.0 Å². The smallest absolute Gasteiger partial charge is 0.236 e. The minimum Gasteiger partial charge on any atom is -0.452 e. The molecule has 0 saturated carbocycles. The lowest BCUT2D eigenvalue weighted by atomic mass is 9.82. The second kappa shape index (κ2) is 11.3. The van der Waals surface area contributed by atoms with Gasteiger partial charge in [0.05, 0.1) is 27.8 Å². The van der Waals surface area contributed by atoms with E-state index in [0.29, 0.717) is 11.5 Å². The summed E-state index contributed by atoms with van der Waals surface area (Å²) < 4.78 is 11.3. The van der Waals surface area contributed by atoms with Crippen LogP contribution in [0.2, 0.25) is 0 Å². The summed E-state index contributed by atoms with van der Waals surface area (Å²) >= 11 is 0. The highest BCUT2D eigenvalue weighted by Gasteiger charge is 2.36. The van der Waals surface area contributed by atoms with Gasteiger partial charge in [0.1, 0.15) is 16.8 Å². The molecule has 0 spiro atoms. The third-order valence-corrected chi connectivity index (χ3v) is 12.7. The van der Waals surface area contributed by atoms with E-state index in [4.69, 9.17) is 14.4 Å². The maximum absolute atomic E-state index is 6.58. The van der Waals surface area contributed by atoms with Gasteiger partial charge in [0.15, 0.2) is 5.58 Å². The van der Waals surface area contributed by atoms with Crippen LogP contribution in [0.5, 0.6) is 0 Å². The molecular weight excluding hydrogens is 709 g/mol. The number of rotatable bonds is 3. The highest BCUT2D eigenvalue weighted by molar-refractivity contribution is 6.25. The summed E-state index contributed by atoms with van der Waals surface area (Å²) in [6, 6.07) is 61.0. The minimum atomic E-state index is -0.196. The molecule has 0 bridgehead atoms. The molecule has 0 unspecified atom stereocenters. The van der Waals surface area contributed by atoms with Crippen molar-refractivity contribution in [3.63, 3.8) is 0 Å². The van der Waals surface area contributed by atoms with Crippen LogP contribution < -0.4 is 0 Å². The maximum Gasteiger partial charge on any atom is 0.236 e. The fourth-order valence-electron chi connectivity index (χ4n) is 10.1. The summed E-state index contributed by atoms with van der Waals surface area (Å²) in [6.07, 6.45) is 0. The molecular formula is C53H34N4O. The third-order valence-electron chi connectivity index (χ3n) is 12.7. The zero-order valence-corrected chi connectivity index (χ0v) is 31.9. The van der Waals surface area contributed by atoms with E-state index < -0.39 is 0 Å². The van der Waals surface area contributed by atoms with Crippen molar-refractivity contribution in [1.82, 2.24) is 19.1 Å². The number of benzene rings is 8. The van der Waals surface area contributed by atoms with Crippen LogP contribution in [0, 0.1) is 0 Å². The normalized spacial score (nSPS) is 13.5. The average molecular weight is 743 g/mol. The molecule has 5 heteroatoms. The Morgan fingerprint density at radius 2 is 1.10 bits per heavy atom. The first-order valence-electron chi connectivity index (χ1n) is 19.9. The van der Waals surface area contributed by atoms with E-state index in [1.165, 1.54) is 65.6 Å². The monoisotopic (exact) mass is 742 g/mol. The van der Waals surface area contributed by atoms with Crippen LogP contribution in [0.15, 0.2) is 174 Å². The SMILES string of the molecule is CC1(C)c2ccccc2-c2cc3c4c5ccccc5c(-n5c6ccccc6c6ccccc65)cc4n(-c4nc(-c5ccccc5)c5oc6ccccc6c5n4)c3cc21. The number of para-hydroxylation sites is 3. The first-order chi connectivity index (χ1) is 28.5. The van der Waals surface area contributed by atoms with E-state index in [-0.39, 0.29) is 5.41 Å². The second-order valence-electron chi connectivity index (χ2n) is 16.1. The standard InChI is InChI=1S/C53H34N4O/c1-53(2)40-24-12-8-18-32(40)38-28-39-44(29-41(38)53)57(52-54-49(31-16-4-3-5-17-31)51-50(55-52)37-23-11-15-27-47(37)58-51)46-30-45(35-21-6-7-22-36(35)48(39)46)56-42-25-13-9-19-33(42)34-20-10-14-26-43(34)56/h3-30H,1-2H3. The van der Waals surface area contributed by atoms with E-state index in [0.717, 1.165) is 44.5 Å². The molecule has 0 atom stereocenters. The lowest BCUT2D eigenvalue weighted by Gasteiger charge is -2.21. The van der Waals surface area contributed by atoms with Gasteiger partial charge in [-0.25, -0.2) is 9.97 Å². The Morgan fingerprint density at radius 3 is 1.88 bits per heavy atom. The molecule has 0 N–H and O–H groups in total. The van der Waals surface area contributed by atoms with Crippen molar-refractivity contribution in [2.24, 2.45) is 0 Å². The number of aromatic nitrogens is 4.